The van der Waals surface area contributed by atoms with Crippen molar-refractivity contribution < 1.29 is 4.74 Å². The minimum Gasteiger partial charge on any atom is -0.457 e. The Kier molecular flexibility index (Phi) is 4.37. The van der Waals surface area contributed by atoms with Gasteiger partial charge in [0, 0.05) is 5.69 Å². The SMILES string of the molecule is Cc1cc(N)ccc1Oc1ccc(C2CCC(C)CC2)cc1. The lowest BCUT2D eigenvalue weighted by Gasteiger charge is -2.26. The van der Waals surface area contributed by atoms with Crippen molar-refractivity contribution in [3.63, 3.8) is 0 Å². The molecule has 2 heteroatoms. The number of anilines is 1. The summed E-state index contributed by atoms with van der Waals surface area (Å²) in [6.45, 7) is 4.38. The van der Waals surface area contributed by atoms with E-state index in [-0.39, 0.29) is 0 Å². The highest BCUT2D eigenvalue weighted by atomic mass is 16.5. The summed E-state index contributed by atoms with van der Waals surface area (Å²) in [5.74, 6) is 3.38. The van der Waals surface area contributed by atoms with Crippen LogP contribution in [0, 0.1) is 12.8 Å². The van der Waals surface area contributed by atoms with Gasteiger partial charge in [0.25, 0.3) is 0 Å². The van der Waals surface area contributed by atoms with Gasteiger partial charge in [-0.05, 0) is 73.1 Å². The Labute approximate surface area is 133 Å². The zero-order valence-electron chi connectivity index (χ0n) is 13.5. The summed E-state index contributed by atoms with van der Waals surface area (Å²) < 4.78 is 5.97. The van der Waals surface area contributed by atoms with Crippen molar-refractivity contribution in [2.45, 2.75) is 45.4 Å². The second kappa shape index (κ2) is 6.43. The predicted octanol–water partition coefficient (Wildman–Crippen LogP) is 5.66. The van der Waals surface area contributed by atoms with Gasteiger partial charge in [-0.1, -0.05) is 31.9 Å². The molecule has 0 amide bonds. The molecule has 0 radical (unpaired) electrons. The van der Waals surface area contributed by atoms with Crippen molar-refractivity contribution in [1.29, 1.82) is 0 Å². The molecular weight excluding hydrogens is 270 g/mol. The standard InChI is InChI=1S/C20H25NO/c1-14-3-5-16(6-4-14)17-7-10-19(11-8-17)22-20-12-9-18(21)13-15(20)2/h7-14,16H,3-6,21H2,1-2H3. The molecule has 116 valence electrons. The van der Waals surface area contributed by atoms with E-state index in [1.54, 1.807) is 0 Å². The van der Waals surface area contributed by atoms with E-state index >= 15 is 0 Å². The molecule has 0 bridgehead atoms. The Balaban J connectivity index is 1.69. The van der Waals surface area contributed by atoms with Crippen LogP contribution in [0.3, 0.4) is 0 Å². The molecule has 0 heterocycles. The van der Waals surface area contributed by atoms with Gasteiger partial charge in [-0.15, -0.1) is 0 Å². The summed E-state index contributed by atoms with van der Waals surface area (Å²) in [4.78, 5) is 0. The molecule has 2 N–H and O–H groups in total. The summed E-state index contributed by atoms with van der Waals surface area (Å²) in [6.07, 6.45) is 5.35. The first-order chi connectivity index (χ1) is 10.6. The van der Waals surface area contributed by atoms with E-state index in [0.717, 1.165) is 34.6 Å². The average Bonchev–Trinajstić information content (AvgIpc) is 2.52. The smallest absolute Gasteiger partial charge is 0.130 e. The topological polar surface area (TPSA) is 35.2 Å². The zero-order chi connectivity index (χ0) is 15.5. The van der Waals surface area contributed by atoms with Gasteiger partial charge >= 0.3 is 0 Å². The van der Waals surface area contributed by atoms with Crippen molar-refractivity contribution in [2.24, 2.45) is 5.92 Å². The number of benzene rings is 2. The minimum absolute atomic E-state index is 0.725. The molecule has 2 nitrogen and oxygen atoms in total. The quantitative estimate of drug-likeness (QED) is 0.741. The van der Waals surface area contributed by atoms with Gasteiger partial charge in [0.1, 0.15) is 11.5 Å². The van der Waals surface area contributed by atoms with Crippen LogP contribution in [-0.2, 0) is 0 Å². The van der Waals surface area contributed by atoms with Gasteiger partial charge in [-0.25, -0.2) is 0 Å². The molecule has 3 rings (SSSR count). The second-order valence-electron chi connectivity index (χ2n) is 6.65. The van der Waals surface area contributed by atoms with E-state index in [0.29, 0.717) is 0 Å². The molecule has 0 spiro atoms. The molecule has 1 aliphatic carbocycles. The lowest BCUT2D eigenvalue weighted by atomic mass is 9.79. The number of ether oxygens (including phenoxy) is 1. The van der Waals surface area contributed by atoms with Crippen molar-refractivity contribution in [2.75, 3.05) is 5.73 Å². The van der Waals surface area contributed by atoms with Gasteiger partial charge < -0.3 is 10.5 Å². The molecule has 1 aliphatic rings. The number of rotatable bonds is 3. The van der Waals surface area contributed by atoms with Crippen LogP contribution >= 0.6 is 0 Å². The maximum Gasteiger partial charge on any atom is 0.130 e. The molecule has 0 saturated heterocycles. The fourth-order valence-corrected chi connectivity index (χ4v) is 3.32. The van der Waals surface area contributed by atoms with Crippen LogP contribution in [0.1, 0.15) is 49.7 Å². The molecule has 1 saturated carbocycles. The number of hydrogen-bond acceptors (Lipinski definition) is 2. The summed E-state index contributed by atoms with van der Waals surface area (Å²) in [5.41, 5.74) is 9.06. The third kappa shape index (κ3) is 3.44. The second-order valence-corrected chi connectivity index (χ2v) is 6.65. The number of aryl methyl sites for hydroxylation is 1. The first kappa shape index (κ1) is 15.0. The Morgan fingerprint density at radius 1 is 0.955 bits per heavy atom. The summed E-state index contributed by atoms with van der Waals surface area (Å²) >= 11 is 0. The molecule has 0 atom stereocenters. The molecular formula is C20H25NO. The van der Waals surface area contributed by atoms with Crippen LogP contribution in [0.5, 0.6) is 11.5 Å². The zero-order valence-corrected chi connectivity index (χ0v) is 13.5. The van der Waals surface area contributed by atoms with E-state index in [2.05, 4.69) is 31.2 Å². The third-order valence-corrected chi connectivity index (χ3v) is 4.79. The third-order valence-electron chi connectivity index (χ3n) is 4.79. The van der Waals surface area contributed by atoms with E-state index in [9.17, 15) is 0 Å². The highest BCUT2D eigenvalue weighted by Crippen LogP contribution is 2.36. The molecule has 1 fully saturated rings. The molecule has 2 aromatic rings. The predicted molar refractivity (Wildman–Crippen MR) is 92.5 cm³/mol. The largest absolute Gasteiger partial charge is 0.457 e. The van der Waals surface area contributed by atoms with Crippen molar-refractivity contribution in [3.05, 3.63) is 53.6 Å². The van der Waals surface area contributed by atoms with Crippen molar-refractivity contribution in [1.82, 2.24) is 0 Å². The Morgan fingerprint density at radius 2 is 1.64 bits per heavy atom. The molecule has 0 aromatic heterocycles. The molecule has 2 aromatic carbocycles. The minimum atomic E-state index is 0.725. The molecule has 22 heavy (non-hydrogen) atoms. The van der Waals surface area contributed by atoms with Gasteiger partial charge in [0.05, 0.1) is 0 Å². The van der Waals surface area contributed by atoms with Crippen LogP contribution in [0.2, 0.25) is 0 Å². The first-order valence-corrected chi connectivity index (χ1v) is 8.26. The fraction of sp³-hybridized carbons (Fsp3) is 0.400. The van der Waals surface area contributed by atoms with Crippen LogP contribution in [0.4, 0.5) is 5.69 Å². The highest BCUT2D eigenvalue weighted by Gasteiger charge is 2.19. The maximum atomic E-state index is 5.97. The van der Waals surface area contributed by atoms with E-state index in [1.807, 2.05) is 25.1 Å². The normalized spacial score (nSPS) is 21.5. The van der Waals surface area contributed by atoms with Crippen LogP contribution in [-0.4, -0.2) is 0 Å². The number of nitrogens with two attached hydrogens (primary N) is 1. The van der Waals surface area contributed by atoms with Gasteiger partial charge in [-0.3, -0.25) is 0 Å². The van der Waals surface area contributed by atoms with Crippen LogP contribution < -0.4 is 10.5 Å². The van der Waals surface area contributed by atoms with Crippen LogP contribution in [0.15, 0.2) is 42.5 Å². The summed E-state index contributed by atoms with van der Waals surface area (Å²) in [5, 5.41) is 0. The van der Waals surface area contributed by atoms with E-state index in [1.165, 1.54) is 31.2 Å². The maximum absolute atomic E-state index is 5.97. The number of nitrogen functional groups attached to an aromatic ring is 1. The van der Waals surface area contributed by atoms with Gasteiger partial charge in [0.2, 0.25) is 0 Å². The summed E-state index contributed by atoms with van der Waals surface area (Å²) in [6, 6.07) is 14.4. The molecule has 0 unspecified atom stereocenters. The Hall–Kier alpha value is -1.96. The lowest BCUT2D eigenvalue weighted by Crippen LogP contribution is -2.10. The van der Waals surface area contributed by atoms with Crippen molar-refractivity contribution in [3.8, 4) is 11.5 Å². The average molecular weight is 295 g/mol. The van der Waals surface area contributed by atoms with E-state index in [4.69, 9.17) is 10.5 Å². The summed E-state index contributed by atoms with van der Waals surface area (Å²) in [7, 11) is 0. The Bertz CT molecular complexity index is 625. The lowest BCUT2D eigenvalue weighted by molar-refractivity contribution is 0.348. The number of hydrogen-bond donors (Lipinski definition) is 1. The first-order valence-electron chi connectivity index (χ1n) is 8.26. The van der Waals surface area contributed by atoms with Gasteiger partial charge in [-0.2, -0.15) is 0 Å². The van der Waals surface area contributed by atoms with E-state index < -0.39 is 0 Å². The Morgan fingerprint density at radius 3 is 2.27 bits per heavy atom. The monoisotopic (exact) mass is 295 g/mol. The van der Waals surface area contributed by atoms with Gasteiger partial charge in [0.15, 0.2) is 0 Å². The highest BCUT2D eigenvalue weighted by molar-refractivity contribution is 5.48. The van der Waals surface area contributed by atoms with Crippen molar-refractivity contribution >= 4 is 5.69 Å². The fourth-order valence-electron chi connectivity index (χ4n) is 3.32. The van der Waals surface area contributed by atoms with Crippen LogP contribution in [0.25, 0.3) is 0 Å². The molecule has 0 aliphatic heterocycles.